The smallest absolute Gasteiger partial charge is 0.238 e. The Morgan fingerprint density at radius 1 is 0.947 bits per heavy atom. The number of hydrogen-bond donors (Lipinski definition) is 4. The molecule has 4 N–H and O–H groups in total. The number of hydrogen-bond acceptors (Lipinski definition) is 6. The number of ether oxygens (including phenoxy) is 1. The first-order valence-electron chi connectivity index (χ1n) is 18.9. The van der Waals surface area contributed by atoms with Crippen LogP contribution < -0.4 is 10.6 Å². The average Bonchev–Trinajstić information content (AvgIpc) is 3.64. The molecule has 14 heteroatoms. The molecule has 1 unspecified atom stereocenters. The fourth-order valence-corrected chi connectivity index (χ4v) is 10.7. The lowest BCUT2D eigenvalue weighted by Crippen LogP contribution is -2.72. The van der Waals surface area contributed by atoms with Gasteiger partial charge < -0.3 is 25.6 Å². The molecule has 4 aromatic carbocycles. The number of anilines is 1. The first-order valence-corrected chi connectivity index (χ1v) is 19.7. The summed E-state index contributed by atoms with van der Waals surface area (Å²) < 4.78 is 69.0. The van der Waals surface area contributed by atoms with Crippen LogP contribution in [0.3, 0.4) is 0 Å². The highest BCUT2D eigenvalue weighted by Gasteiger charge is 2.82. The molecule has 2 spiro atoms. The number of benzene rings is 4. The van der Waals surface area contributed by atoms with Crippen molar-refractivity contribution in [3.05, 3.63) is 135 Å². The van der Waals surface area contributed by atoms with Gasteiger partial charge >= 0.3 is 0 Å². The second-order valence-electron chi connectivity index (χ2n) is 15.9. The Morgan fingerprint density at radius 2 is 1.61 bits per heavy atom. The van der Waals surface area contributed by atoms with Crippen molar-refractivity contribution in [2.75, 3.05) is 31.9 Å². The molecule has 4 aromatic rings. The molecule has 2 amide bonds. The summed E-state index contributed by atoms with van der Waals surface area (Å²) in [5, 5.41) is 27.9. The van der Waals surface area contributed by atoms with Gasteiger partial charge in [0.15, 0.2) is 0 Å². The van der Waals surface area contributed by atoms with Gasteiger partial charge in [-0.2, -0.15) is 0 Å². The van der Waals surface area contributed by atoms with Gasteiger partial charge in [-0.25, -0.2) is 8.78 Å². The van der Waals surface area contributed by atoms with Crippen molar-refractivity contribution in [2.45, 2.75) is 72.9 Å². The first-order chi connectivity index (χ1) is 27.4. The molecule has 0 bridgehead atoms. The zero-order valence-electron chi connectivity index (χ0n) is 30.6. The number of nitrogens with zero attached hydrogens (tertiary/aromatic N) is 1. The highest BCUT2D eigenvalue weighted by Crippen LogP contribution is 2.74. The van der Waals surface area contributed by atoms with Crippen molar-refractivity contribution in [2.24, 2.45) is 5.41 Å². The standard InChI is InChI=1S/C43H41Cl2F4N3O5/c44-26-11-14-31-33(15-26)51-40(56)43(31)34(30-16-27(48)17-32(45)35(30)49)37(39(55)50-28-12-13-29(18-53)57-19-28)52(42(43)20-41(21-42,22-46)23-47)36(24-7-3-1-4-8-24)38(54)25-9-5-2-6-10-25/h1-11,14-17,28-29,34,36-38,53-54H,12-13,18-23H2,(H,50,55)(H,51,56)/t28-,29+,34+,36-,37-,38+,43?/m1/s1. The lowest BCUT2D eigenvalue weighted by atomic mass is 9.45. The Kier molecular flexibility index (Phi) is 10.7. The average molecular weight is 827 g/mol. The lowest BCUT2D eigenvalue weighted by Gasteiger charge is -2.63. The van der Waals surface area contributed by atoms with E-state index in [1.54, 1.807) is 71.6 Å². The number of alkyl halides is 2. The zero-order chi connectivity index (χ0) is 40.3. The number of fused-ring (bicyclic) bond motifs is 3. The van der Waals surface area contributed by atoms with E-state index in [0.29, 0.717) is 24.0 Å². The van der Waals surface area contributed by atoms with E-state index >= 15 is 27.2 Å². The number of rotatable bonds is 10. The second kappa shape index (κ2) is 15.3. The molecule has 300 valence electrons. The van der Waals surface area contributed by atoms with Gasteiger partial charge in [0.2, 0.25) is 11.8 Å². The molecule has 8 nitrogen and oxygen atoms in total. The van der Waals surface area contributed by atoms with Crippen LogP contribution in [0.5, 0.6) is 0 Å². The van der Waals surface area contributed by atoms with Crippen LogP contribution in [0, 0.1) is 17.0 Å². The molecular formula is C43H41Cl2F4N3O5. The minimum Gasteiger partial charge on any atom is -0.394 e. The lowest BCUT2D eigenvalue weighted by molar-refractivity contribution is -0.166. The number of nitrogens with one attached hydrogen (secondary N) is 2. The van der Waals surface area contributed by atoms with Gasteiger partial charge in [0.1, 0.15) is 17.0 Å². The van der Waals surface area contributed by atoms with Crippen molar-refractivity contribution in [1.29, 1.82) is 0 Å². The highest BCUT2D eigenvalue weighted by molar-refractivity contribution is 6.31. The maximum atomic E-state index is 16.9. The van der Waals surface area contributed by atoms with E-state index in [1.165, 1.54) is 12.1 Å². The van der Waals surface area contributed by atoms with Gasteiger partial charge in [0.05, 0.1) is 61.9 Å². The summed E-state index contributed by atoms with van der Waals surface area (Å²) >= 11 is 12.8. The fourth-order valence-electron chi connectivity index (χ4n) is 10.4. The van der Waals surface area contributed by atoms with Crippen LogP contribution in [-0.4, -0.2) is 77.2 Å². The van der Waals surface area contributed by atoms with Crippen molar-refractivity contribution in [3.8, 4) is 0 Å². The van der Waals surface area contributed by atoms with Gasteiger partial charge in [0.25, 0.3) is 0 Å². The summed E-state index contributed by atoms with van der Waals surface area (Å²) in [5.74, 6) is -5.07. The summed E-state index contributed by atoms with van der Waals surface area (Å²) in [5.41, 5.74) is -4.39. The molecule has 7 atom stereocenters. The normalized spacial score (nSPS) is 27.1. The fraction of sp³-hybridized carbons (Fsp3) is 0.395. The van der Waals surface area contributed by atoms with Gasteiger partial charge in [-0.05, 0) is 72.2 Å². The molecule has 3 heterocycles. The zero-order valence-corrected chi connectivity index (χ0v) is 32.1. The number of aliphatic hydroxyl groups excluding tert-OH is 2. The topological polar surface area (TPSA) is 111 Å². The van der Waals surface area contributed by atoms with Crippen LogP contribution in [0.15, 0.2) is 91.0 Å². The number of halogens is 6. The second-order valence-corrected chi connectivity index (χ2v) is 16.7. The SMILES string of the molecule is O=C(N[C@@H]1CC[C@@H](CO)OC1)[C@H]1[C@H](c2cc(F)cc(Cl)c2F)C2(C(=O)Nc3cc(Cl)ccc32)C2(CC(CF)(CF)C2)N1[C@H](c1ccccc1)[C@@H](O)c1ccccc1. The molecule has 57 heavy (non-hydrogen) atoms. The first kappa shape index (κ1) is 39.8. The molecule has 3 aliphatic heterocycles. The van der Waals surface area contributed by atoms with Gasteiger partial charge in [0, 0.05) is 27.6 Å². The van der Waals surface area contributed by atoms with E-state index in [4.69, 9.17) is 27.9 Å². The summed E-state index contributed by atoms with van der Waals surface area (Å²) in [6, 6.07) is 20.2. The van der Waals surface area contributed by atoms with Crippen LogP contribution >= 0.6 is 23.2 Å². The van der Waals surface area contributed by atoms with E-state index in [2.05, 4.69) is 10.6 Å². The molecule has 3 fully saturated rings. The quantitative estimate of drug-likeness (QED) is 0.0974. The summed E-state index contributed by atoms with van der Waals surface area (Å²) in [6.07, 6.45) is -1.75. The Bertz CT molecular complexity index is 2150. The predicted molar refractivity (Wildman–Crippen MR) is 206 cm³/mol. The number of amides is 2. The molecular weight excluding hydrogens is 785 g/mol. The van der Waals surface area contributed by atoms with E-state index in [9.17, 15) is 10.2 Å². The minimum atomic E-state index is -2.05. The molecule has 2 saturated heterocycles. The molecule has 4 aliphatic rings. The van der Waals surface area contributed by atoms with Crippen LogP contribution in [-0.2, 0) is 19.7 Å². The predicted octanol–water partition coefficient (Wildman–Crippen LogP) is 7.52. The van der Waals surface area contributed by atoms with Crippen molar-refractivity contribution in [3.63, 3.8) is 0 Å². The van der Waals surface area contributed by atoms with Crippen molar-refractivity contribution >= 4 is 40.7 Å². The molecule has 0 radical (unpaired) electrons. The Morgan fingerprint density at radius 3 is 2.23 bits per heavy atom. The van der Waals surface area contributed by atoms with E-state index < -0.39 is 100 Å². The third kappa shape index (κ3) is 6.26. The number of carbonyl (C=O) groups excluding carboxylic acids is 2. The van der Waals surface area contributed by atoms with Crippen LogP contribution in [0.25, 0.3) is 0 Å². The van der Waals surface area contributed by atoms with E-state index in [1.807, 2.05) is 0 Å². The molecule has 8 rings (SSSR count). The van der Waals surface area contributed by atoms with Crippen LogP contribution in [0.1, 0.15) is 66.0 Å². The minimum absolute atomic E-state index is 0.0220. The molecule has 1 aliphatic carbocycles. The number of aliphatic hydroxyl groups is 2. The van der Waals surface area contributed by atoms with Gasteiger partial charge in [-0.15, -0.1) is 0 Å². The summed E-state index contributed by atoms with van der Waals surface area (Å²) in [7, 11) is 0. The van der Waals surface area contributed by atoms with Crippen LogP contribution in [0.4, 0.5) is 23.2 Å². The third-order valence-corrected chi connectivity index (χ3v) is 13.2. The summed E-state index contributed by atoms with van der Waals surface area (Å²) in [4.78, 5) is 32.5. The maximum absolute atomic E-state index is 16.9. The molecule has 0 aromatic heterocycles. The largest absolute Gasteiger partial charge is 0.394 e. The van der Waals surface area contributed by atoms with E-state index in [-0.39, 0.29) is 42.3 Å². The highest BCUT2D eigenvalue weighted by atomic mass is 35.5. The number of likely N-dealkylation sites (tertiary alicyclic amines) is 1. The third-order valence-electron chi connectivity index (χ3n) is 12.7. The van der Waals surface area contributed by atoms with Gasteiger partial charge in [-0.3, -0.25) is 23.3 Å². The number of carbonyl (C=O) groups is 2. The van der Waals surface area contributed by atoms with Gasteiger partial charge in [-0.1, -0.05) is 89.9 Å². The monoisotopic (exact) mass is 825 g/mol. The maximum Gasteiger partial charge on any atom is 0.238 e. The Balaban J connectivity index is 1.47. The van der Waals surface area contributed by atoms with Crippen molar-refractivity contribution in [1.82, 2.24) is 10.2 Å². The molecule has 1 saturated carbocycles. The Hall–Kier alpha value is -4.04. The van der Waals surface area contributed by atoms with E-state index in [0.717, 1.165) is 12.1 Å². The van der Waals surface area contributed by atoms with Crippen LogP contribution in [0.2, 0.25) is 10.0 Å². The van der Waals surface area contributed by atoms with Crippen molar-refractivity contribution < 1.29 is 42.1 Å². The Labute approximate surface area is 337 Å². The summed E-state index contributed by atoms with van der Waals surface area (Å²) in [6.45, 7) is -2.43.